The average Bonchev–Trinajstić information content (AvgIpc) is 3.05. The largest absolute Gasteiger partial charge is 0.491 e. The van der Waals surface area contributed by atoms with Crippen LogP contribution in [0.5, 0.6) is 5.75 Å². The second-order valence-electron chi connectivity index (χ2n) is 10.8. The Hall–Kier alpha value is -4.17. The third-order valence-corrected chi connectivity index (χ3v) is 8.52. The summed E-state index contributed by atoms with van der Waals surface area (Å²) in [4.78, 5) is 54.6. The second kappa shape index (κ2) is 14.3. The molecule has 1 atom stereocenters. The van der Waals surface area contributed by atoms with E-state index in [0.717, 1.165) is 11.1 Å². The van der Waals surface area contributed by atoms with Crippen molar-refractivity contribution in [3.63, 3.8) is 0 Å². The first-order valence-corrected chi connectivity index (χ1v) is 15.1. The number of rotatable bonds is 8. The van der Waals surface area contributed by atoms with Gasteiger partial charge in [0.25, 0.3) is 5.91 Å². The van der Waals surface area contributed by atoms with E-state index in [1.807, 2.05) is 24.3 Å². The van der Waals surface area contributed by atoms with Crippen LogP contribution in [0.3, 0.4) is 0 Å². The molecule has 3 aromatic carbocycles. The predicted molar refractivity (Wildman–Crippen MR) is 165 cm³/mol. The molecule has 0 aromatic heterocycles. The molecule has 248 valence electrons. The highest BCUT2D eigenvalue weighted by molar-refractivity contribution is 6.42. The van der Waals surface area contributed by atoms with Crippen molar-refractivity contribution in [1.82, 2.24) is 9.80 Å². The molecule has 0 bridgehead atoms. The van der Waals surface area contributed by atoms with Crippen LogP contribution in [0.4, 0.5) is 18.9 Å². The van der Waals surface area contributed by atoms with Gasteiger partial charge in [0.05, 0.1) is 40.6 Å². The van der Waals surface area contributed by atoms with Gasteiger partial charge < -0.3 is 19.1 Å². The van der Waals surface area contributed by atoms with Crippen molar-refractivity contribution in [2.24, 2.45) is 0 Å². The molecule has 0 saturated carbocycles. The van der Waals surface area contributed by atoms with Crippen molar-refractivity contribution in [2.45, 2.75) is 12.2 Å². The maximum atomic E-state index is 13.7. The summed E-state index contributed by atoms with van der Waals surface area (Å²) in [6.07, 6.45) is -5.29. The lowest BCUT2D eigenvalue weighted by molar-refractivity contribution is -0.193. The number of carbonyl (C=O) groups is 4. The molecule has 2 heterocycles. The molecule has 3 aromatic rings. The summed E-state index contributed by atoms with van der Waals surface area (Å²) in [6, 6.07) is 15.5. The SMILES string of the molecule is CN(C(=O)CN1C(=O)COc2cc(Cl)c(Cl)cc21)[C@@H](CN1CCOCC1)c1ccc(-c2ccc(C(=O)OC(=O)C(F)(F)F)cc2)cc1. The van der Waals surface area contributed by atoms with E-state index in [1.165, 1.54) is 41.3 Å². The average molecular weight is 694 g/mol. The molecule has 0 spiro atoms. The molecule has 0 unspecified atom stereocenters. The van der Waals surface area contributed by atoms with Gasteiger partial charge in [-0.2, -0.15) is 13.2 Å². The van der Waals surface area contributed by atoms with Gasteiger partial charge in [0.2, 0.25) is 5.91 Å². The van der Waals surface area contributed by atoms with Gasteiger partial charge in [0.15, 0.2) is 6.61 Å². The van der Waals surface area contributed by atoms with Gasteiger partial charge in [0.1, 0.15) is 12.3 Å². The van der Waals surface area contributed by atoms with E-state index < -0.39 is 30.1 Å². The van der Waals surface area contributed by atoms with Crippen LogP contribution in [-0.4, -0.2) is 92.8 Å². The summed E-state index contributed by atoms with van der Waals surface area (Å²) in [5.41, 5.74) is 2.31. The summed E-state index contributed by atoms with van der Waals surface area (Å²) in [6.45, 7) is 2.44. The van der Waals surface area contributed by atoms with Crippen LogP contribution in [0, 0.1) is 0 Å². The van der Waals surface area contributed by atoms with Crippen LogP contribution >= 0.6 is 23.2 Å². The van der Waals surface area contributed by atoms with Crippen LogP contribution < -0.4 is 9.64 Å². The summed E-state index contributed by atoms with van der Waals surface area (Å²) >= 11 is 12.3. The summed E-state index contributed by atoms with van der Waals surface area (Å²) in [7, 11) is 1.67. The predicted octanol–water partition coefficient (Wildman–Crippen LogP) is 5.16. The Bertz CT molecular complexity index is 1660. The number of carbonyl (C=O) groups excluding carboxylic acids is 4. The van der Waals surface area contributed by atoms with E-state index in [2.05, 4.69) is 9.64 Å². The highest BCUT2D eigenvalue weighted by Gasteiger charge is 2.42. The topological polar surface area (TPSA) is 106 Å². The van der Waals surface area contributed by atoms with Crippen LogP contribution in [0.1, 0.15) is 22.0 Å². The Labute approximate surface area is 277 Å². The first-order chi connectivity index (χ1) is 22.3. The summed E-state index contributed by atoms with van der Waals surface area (Å²) in [5, 5.41) is 0.471. The number of halogens is 5. The number of hydrogen-bond acceptors (Lipinski definition) is 8. The number of likely N-dealkylation sites (N-methyl/N-ethyl adjacent to an activating group) is 1. The number of esters is 2. The zero-order valence-corrected chi connectivity index (χ0v) is 26.4. The maximum absolute atomic E-state index is 13.7. The zero-order valence-electron chi connectivity index (χ0n) is 24.9. The molecule has 2 amide bonds. The molecule has 2 aliphatic heterocycles. The number of benzene rings is 3. The maximum Gasteiger partial charge on any atom is 0.491 e. The van der Waals surface area contributed by atoms with Crippen LogP contribution in [-0.2, 0) is 23.9 Å². The van der Waals surface area contributed by atoms with Gasteiger partial charge in [-0.3, -0.25) is 19.4 Å². The molecule has 15 heteroatoms. The molecule has 1 fully saturated rings. The van der Waals surface area contributed by atoms with E-state index in [1.54, 1.807) is 11.9 Å². The fraction of sp³-hybridized carbons (Fsp3) is 0.312. The number of alkyl halides is 3. The standard InChI is InChI=1S/C32H28Cl2F3N3O7/c1-38(28(41)17-40-25-14-23(33)24(34)15-27(25)46-18-29(40)42)26(16-39-10-12-45-13-11-39)21-6-2-19(3-7-21)20-4-8-22(9-5-20)30(43)47-31(44)32(35,36)37/h2-9,14-15,26H,10-13,16-18H2,1H3/t26-/m0/s1. The Balaban J connectivity index is 1.34. The Kier molecular flexibility index (Phi) is 10.4. The third kappa shape index (κ3) is 8.04. The second-order valence-corrected chi connectivity index (χ2v) is 11.6. The number of fused-ring (bicyclic) bond motifs is 1. The molecule has 0 N–H and O–H groups in total. The van der Waals surface area contributed by atoms with Crippen LogP contribution in [0.25, 0.3) is 11.1 Å². The molecule has 0 aliphatic carbocycles. The van der Waals surface area contributed by atoms with E-state index in [9.17, 15) is 32.3 Å². The lowest BCUT2D eigenvalue weighted by Gasteiger charge is -2.37. The number of nitrogens with zero attached hydrogens (tertiary/aromatic N) is 3. The quantitative estimate of drug-likeness (QED) is 0.235. The van der Waals surface area contributed by atoms with E-state index >= 15 is 0 Å². The number of hydrogen-bond donors (Lipinski definition) is 0. The van der Waals surface area contributed by atoms with Crippen LogP contribution in [0.15, 0.2) is 60.7 Å². The first-order valence-electron chi connectivity index (χ1n) is 14.3. The monoisotopic (exact) mass is 693 g/mol. The lowest BCUT2D eigenvalue weighted by atomic mass is 9.98. The van der Waals surface area contributed by atoms with Gasteiger partial charge >= 0.3 is 18.1 Å². The van der Waals surface area contributed by atoms with E-state index in [-0.39, 0.29) is 34.7 Å². The highest BCUT2D eigenvalue weighted by atomic mass is 35.5. The number of morpholine rings is 1. The minimum Gasteiger partial charge on any atom is -0.482 e. The molecule has 47 heavy (non-hydrogen) atoms. The fourth-order valence-corrected chi connectivity index (χ4v) is 5.48. The Morgan fingerprint density at radius 2 is 1.55 bits per heavy atom. The minimum absolute atomic E-state index is 0.214. The lowest BCUT2D eigenvalue weighted by Crippen LogP contribution is -2.48. The van der Waals surface area contributed by atoms with Gasteiger partial charge in [-0.25, -0.2) is 9.59 Å². The Morgan fingerprint density at radius 3 is 2.17 bits per heavy atom. The fourth-order valence-electron chi connectivity index (χ4n) is 5.17. The molecule has 1 saturated heterocycles. The van der Waals surface area contributed by atoms with Crippen molar-refractivity contribution < 1.29 is 46.6 Å². The smallest absolute Gasteiger partial charge is 0.482 e. The van der Waals surface area contributed by atoms with Gasteiger partial charge in [-0.15, -0.1) is 0 Å². The molecule has 5 rings (SSSR count). The van der Waals surface area contributed by atoms with Crippen molar-refractivity contribution in [3.8, 4) is 16.9 Å². The molecular formula is C32H28Cl2F3N3O7. The number of amides is 2. The highest BCUT2D eigenvalue weighted by Crippen LogP contribution is 2.39. The molecular weight excluding hydrogens is 666 g/mol. The van der Waals surface area contributed by atoms with Crippen molar-refractivity contribution in [1.29, 1.82) is 0 Å². The van der Waals surface area contributed by atoms with E-state index in [4.69, 9.17) is 32.7 Å². The van der Waals surface area contributed by atoms with Crippen molar-refractivity contribution in [3.05, 3.63) is 81.8 Å². The third-order valence-electron chi connectivity index (χ3n) is 7.80. The van der Waals surface area contributed by atoms with Gasteiger partial charge in [-0.05, 0) is 34.9 Å². The van der Waals surface area contributed by atoms with Gasteiger partial charge in [0, 0.05) is 32.7 Å². The summed E-state index contributed by atoms with van der Waals surface area (Å²) < 4.78 is 52.2. The molecule has 2 aliphatic rings. The summed E-state index contributed by atoms with van der Waals surface area (Å²) in [5.74, 6) is -4.39. The van der Waals surface area contributed by atoms with Crippen LogP contribution in [0.2, 0.25) is 10.0 Å². The van der Waals surface area contributed by atoms with Crippen molar-refractivity contribution in [2.75, 3.05) is 57.9 Å². The first kappa shape index (κ1) is 34.2. The minimum atomic E-state index is -5.29. The zero-order chi connectivity index (χ0) is 33.9. The number of anilines is 1. The molecule has 10 nitrogen and oxygen atoms in total. The van der Waals surface area contributed by atoms with E-state index in [0.29, 0.717) is 49.8 Å². The number of ether oxygens (including phenoxy) is 3. The van der Waals surface area contributed by atoms with Gasteiger partial charge in [-0.1, -0.05) is 59.6 Å². The molecule has 0 radical (unpaired) electrons. The van der Waals surface area contributed by atoms with Crippen molar-refractivity contribution >= 4 is 52.6 Å². The Morgan fingerprint density at radius 1 is 0.957 bits per heavy atom. The normalized spacial score (nSPS) is 15.8.